The fourth-order valence-corrected chi connectivity index (χ4v) is 2.81. The van der Waals surface area contributed by atoms with E-state index in [1.165, 1.54) is 7.11 Å². The minimum absolute atomic E-state index is 0.226. The van der Waals surface area contributed by atoms with Crippen molar-refractivity contribution >= 4 is 11.9 Å². The highest BCUT2D eigenvalue weighted by molar-refractivity contribution is 5.82. The van der Waals surface area contributed by atoms with Crippen molar-refractivity contribution in [2.45, 2.75) is 60.0 Å². The summed E-state index contributed by atoms with van der Waals surface area (Å²) in [5.41, 5.74) is -1.64. The van der Waals surface area contributed by atoms with Crippen molar-refractivity contribution in [2.75, 3.05) is 7.11 Å². The number of methoxy groups -OCH3 is 1. The lowest BCUT2D eigenvalue weighted by atomic mass is 9.65. The van der Waals surface area contributed by atoms with Crippen molar-refractivity contribution in [2.24, 2.45) is 16.7 Å². The molecule has 0 spiro atoms. The molecular weight excluding hydrogens is 244 g/mol. The molecule has 0 aromatic heterocycles. The Bertz CT molecular complexity index is 378. The maximum Gasteiger partial charge on any atom is 0.312 e. The second kappa shape index (κ2) is 4.80. The van der Waals surface area contributed by atoms with Gasteiger partial charge in [0.1, 0.15) is 5.60 Å². The first kappa shape index (κ1) is 16.0. The van der Waals surface area contributed by atoms with Crippen molar-refractivity contribution in [3.05, 3.63) is 0 Å². The van der Waals surface area contributed by atoms with Crippen LogP contribution in [0.2, 0.25) is 0 Å². The largest absolute Gasteiger partial charge is 0.469 e. The van der Waals surface area contributed by atoms with Crippen LogP contribution in [0.1, 0.15) is 54.4 Å². The summed E-state index contributed by atoms with van der Waals surface area (Å²) in [6.07, 6.45) is 1.31. The quantitative estimate of drug-likeness (QED) is 0.724. The number of rotatable bonds is 2. The Kier molecular flexibility index (Phi) is 4.04. The lowest BCUT2D eigenvalue weighted by Gasteiger charge is -2.40. The van der Waals surface area contributed by atoms with Crippen LogP contribution in [-0.2, 0) is 19.1 Å². The highest BCUT2D eigenvalue weighted by atomic mass is 16.6. The summed E-state index contributed by atoms with van der Waals surface area (Å²) in [6.45, 7) is 11.4. The highest BCUT2D eigenvalue weighted by Crippen LogP contribution is 2.57. The van der Waals surface area contributed by atoms with Gasteiger partial charge in [-0.3, -0.25) is 9.59 Å². The third-order valence-corrected chi connectivity index (χ3v) is 4.56. The predicted octanol–water partition coefficient (Wildman–Crippen LogP) is 2.94. The second-order valence-electron chi connectivity index (χ2n) is 7.17. The first-order valence-electron chi connectivity index (χ1n) is 6.77. The summed E-state index contributed by atoms with van der Waals surface area (Å²) >= 11 is 0. The molecule has 4 heteroatoms. The molecule has 1 saturated carbocycles. The molecule has 0 amide bonds. The van der Waals surface area contributed by atoms with Gasteiger partial charge < -0.3 is 9.47 Å². The number of hydrogen-bond donors (Lipinski definition) is 0. The molecule has 0 aliphatic heterocycles. The van der Waals surface area contributed by atoms with E-state index in [2.05, 4.69) is 0 Å². The lowest BCUT2D eigenvalue weighted by Crippen LogP contribution is -2.45. The fraction of sp³-hybridized carbons (Fsp3) is 0.867. The fourth-order valence-electron chi connectivity index (χ4n) is 2.81. The zero-order valence-electron chi connectivity index (χ0n) is 13.1. The summed E-state index contributed by atoms with van der Waals surface area (Å²) in [6, 6.07) is 0. The Labute approximate surface area is 115 Å². The van der Waals surface area contributed by atoms with Crippen molar-refractivity contribution in [1.29, 1.82) is 0 Å². The van der Waals surface area contributed by atoms with Crippen LogP contribution >= 0.6 is 0 Å². The van der Waals surface area contributed by atoms with Crippen LogP contribution in [0.4, 0.5) is 0 Å². The summed E-state index contributed by atoms with van der Waals surface area (Å²) in [5, 5.41) is 0. The lowest BCUT2D eigenvalue weighted by molar-refractivity contribution is -0.174. The van der Waals surface area contributed by atoms with Crippen LogP contribution in [0.25, 0.3) is 0 Å². The molecule has 0 heterocycles. The molecule has 0 radical (unpaired) electrons. The van der Waals surface area contributed by atoms with Crippen molar-refractivity contribution in [1.82, 2.24) is 0 Å². The van der Waals surface area contributed by atoms with Crippen LogP contribution in [0.3, 0.4) is 0 Å². The van der Waals surface area contributed by atoms with Crippen LogP contribution in [0.15, 0.2) is 0 Å². The van der Waals surface area contributed by atoms with E-state index in [0.717, 1.165) is 0 Å². The molecule has 1 fully saturated rings. The number of carbonyl (C=O) groups is 2. The molecule has 1 aliphatic rings. The summed E-state index contributed by atoms with van der Waals surface area (Å²) in [4.78, 5) is 24.3. The van der Waals surface area contributed by atoms with Gasteiger partial charge in [0.15, 0.2) is 0 Å². The topological polar surface area (TPSA) is 52.6 Å². The average Bonchev–Trinajstić information content (AvgIpc) is 2.48. The van der Waals surface area contributed by atoms with E-state index >= 15 is 0 Å². The minimum Gasteiger partial charge on any atom is -0.469 e. The van der Waals surface area contributed by atoms with Crippen LogP contribution in [0.5, 0.6) is 0 Å². The molecule has 0 aromatic carbocycles. The predicted molar refractivity (Wildman–Crippen MR) is 72.5 cm³/mol. The van der Waals surface area contributed by atoms with Crippen molar-refractivity contribution < 1.29 is 19.1 Å². The zero-order chi connectivity index (χ0) is 15.1. The van der Waals surface area contributed by atoms with Gasteiger partial charge in [0.2, 0.25) is 0 Å². The summed E-state index contributed by atoms with van der Waals surface area (Å²) in [7, 11) is 1.39. The first-order chi connectivity index (χ1) is 8.45. The smallest absolute Gasteiger partial charge is 0.312 e. The summed E-state index contributed by atoms with van der Waals surface area (Å²) < 4.78 is 10.4. The molecule has 1 aliphatic carbocycles. The molecule has 0 bridgehead atoms. The van der Waals surface area contributed by atoms with Crippen LogP contribution in [-0.4, -0.2) is 24.6 Å². The molecule has 110 valence electrons. The van der Waals surface area contributed by atoms with Gasteiger partial charge in [-0.2, -0.15) is 0 Å². The van der Waals surface area contributed by atoms with Gasteiger partial charge in [-0.05, 0) is 46.0 Å². The molecule has 4 nitrogen and oxygen atoms in total. The molecule has 2 unspecified atom stereocenters. The van der Waals surface area contributed by atoms with Gasteiger partial charge in [-0.15, -0.1) is 0 Å². The van der Waals surface area contributed by atoms with E-state index in [-0.39, 0.29) is 17.9 Å². The monoisotopic (exact) mass is 270 g/mol. The molecule has 1 rings (SSSR count). The zero-order valence-corrected chi connectivity index (χ0v) is 13.1. The van der Waals surface area contributed by atoms with Gasteiger partial charge in [-0.25, -0.2) is 0 Å². The average molecular weight is 270 g/mol. The molecule has 0 N–H and O–H groups in total. The van der Waals surface area contributed by atoms with E-state index in [1.807, 2.05) is 41.5 Å². The standard InChI is InChI=1S/C15H26O4/c1-13(2,3)19-12(17)15(6)9-8-10(11(16)18-7)14(15,4)5/h10H,8-9H2,1-7H3. The van der Waals surface area contributed by atoms with Gasteiger partial charge in [0.05, 0.1) is 18.4 Å². The van der Waals surface area contributed by atoms with Crippen molar-refractivity contribution in [3.8, 4) is 0 Å². The molecular formula is C15H26O4. The molecule has 2 atom stereocenters. The maximum absolute atomic E-state index is 12.5. The van der Waals surface area contributed by atoms with Gasteiger partial charge in [0.25, 0.3) is 0 Å². The van der Waals surface area contributed by atoms with Crippen LogP contribution < -0.4 is 0 Å². The second-order valence-corrected chi connectivity index (χ2v) is 7.17. The highest BCUT2D eigenvalue weighted by Gasteiger charge is 2.59. The van der Waals surface area contributed by atoms with Gasteiger partial charge >= 0.3 is 11.9 Å². The number of esters is 2. The Morgan fingerprint density at radius 2 is 1.68 bits per heavy atom. The normalized spacial score (nSPS) is 29.9. The Morgan fingerprint density at radius 3 is 2.11 bits per heavy atom. The Balaban J connectivity index is 3.01. The molecule has 0 aromatic rings. The van der Waals surface area contributed by atoms with Gasteiger partial charge in [-0.1, -0.05) is 13.8 Å². The third-order valence-electron chi connectivity index (χ3n) is 4.56. The molecule has 0 saturated heterocycles. The Morgan fingerprint density at radius 1 is 1.16 bits per heavy atom. The minimum atomic E-state index is -0.654. The third kappa shape index (κ3) is 2.77. The van der Waals surface area contributed by atoms with Crippen LogP contribution in [0, 0.1) is 16.7 Å². The van der Waals surface area contributed by atoms with Gasteiger partial charge in [0, 0.05) is 0 Å². The van der Waals surface area contributed by atoms with E-state index in [9.17, 15) is 9.59 Å². The summed E-state index contributed by atoms with van der Waals surface area (Å²) in [5.74, 6) is -0.719. The Hall–Kier alpha value is -1.06. The number of hydrogen-bond acceptors (Lipinski definition) is 4. The SMILES string of the molecule is COC(=O)C1CCC(C)(C(=O)OC(C)(C)C)C1(C)C. The number of carbonyl (C=O) groups excluding carboxylic acids is 2. The van der Waals surface area contributed by atoms with E-state index < -0.39 is 16.4 Å². The van der Waals surface area contributed by atoms with E-state index in [0.29, 0.717) is 12.8 Å². The molecule has 19 heavy (non-hydrogen) atoms. The number of ether oxygens (including phenoxy) is 2. The van der Waals surface area contributed by atoms with Crippen molar-refractivity contribution in [3.63, 3.8) is 0 Å². The first-order valence-corrected chi connectivity index (χ1v) is 6.77. The maximum atomic E-state index is 12.5. The van der Waals surface area contributed by atoms with E-state index in [1.54, 1.807) is 0 Å². The van der Waals surface area contributed by atoms with E-state index in [4.69, 9.17) is 9.47 Å².